The zero-order valence-electron chi connectivity index (χ0n) is 15.4. The number of fused-ring (bicyclic) bond motifs is 2. The lowest BCUT2D eigenvalue weighted by molar-refractivity contribution is -0.137. The number of hydrogen-bond donors (Lipinski definition) is 2. The van der Waals surface area contributed by atoms with E-state index in [-0.39, 0.29) is 5.91 Å². The largest absolute Gasteiger partial charge is 0.326 e. The Balaban J connectivity index is 1.60. The normalized spacial score (nSPS) is 22.0. The highest BCUT2D eigenvalue weighted by molar-refractivity contribution is 6.30. The molecule has 2 atom stereocenters. The summed E-state index contributed by atoms with van der Waals surface area (Å²) in [5.41, 5.74) is 1.30. The summed E-state index contributed by atoms with van der Waals surface area (Å²) >= 11 is 5.95. The number of nitrogens with zero attached hydrogens (tertiary/aromatic N) is 1. The van der Waals surface area contributed by atoms with Crippen LogP contribution in [0.4, 0.5) is 10.5 Å². The topological polar surface area (TPSA) is 78.5 Å². The number of aryl methyl sites for hydroxylation is 1. The molecule has 2 N–H and O–H groups in total. The fourth-order valence-corrected chi connectivity index (χ4v) is 4.25. The van der Waals surface area contributed by atoms with Gasteiger partial charge in [0.2, 0.25) is 5.91 Å². The monoisotopic (exact) mass is 397 g/mol. The Morgan fingerprint density at radius 2 is 2.00 bits per heavy atom. The third-order valence-electron chi connectivity index (χ3n) is 5.46. The molecule has 1 saturated heterocycles. The van der Waals surface area contributed by atoms with Crippen molar-refractivity contribution in [2.45, 2.75) is 37.8 Å². The minimum absolute atomic E-state index is 0.376. The van der Waals surface area contributed by atoms with E-state index in [1.54, 1.807) is 31.2 Å². The predicted molar refractivity (Wildman–Crippen MR) is 106 cm³/mol. The number of carbonyl (C=O) groups is 3. The predicted octanol–water partition coefficient (Wildman–Crippen LogP) is 3.45. The highest BCUT2D eigenvalue weighted by atomic mass is 35.5. The summed E-state index contributed by atoms with van der Waals surface area (Å²) in [6, 6.07) is 12.9. The number of imide groups is 1. The van der Waals surface area contributed by atoms with Gasteiger partial charge in [-0.25, -0.2) is 9.69 Å². The molecule has 0 bridgehead atoms. The van der Waals surface area contributed by atoms with Crippen molar-refractivity contribution in [1.82, 2.24) is 10.2 Å². The van der Waals surface area contributed by atoms with Crippen LogP contribution in [-0.2, 0) is 21.5 Å². The van der Waals surface area contributed by atoms with E-state index in [1.165, 1.54) is 0 Å². The van der Waals surface area contributed by atoms with Gasteiger partial charge in [0.25, 0.3) is 5.91 Å². The smallest absolute Gasteiger partial charge is 0.324 e. The Hall–Kier alpha value is -2.86. The highest BCUT2D eigenvalue weighted by Crippen LogP contribution is 2.40. The van der Waals surface area contributed by atoms with Gasteiger partial charge in [0.1, 0.15) is 11.6 Å². The summed E-state index contributed by atoms with van der Waals surface area (Å²) in [6.07, 6.45) is 2.18. The SMILES string of the molecule is C[C@H](C(=O)Nc1cccc(Cl)c1)N1C(=O)N[C@@]2(CCCc3ccccc32)C1=O. The summed E-state index contributed by atoms with van der Waals surface area (Å²) in [4.78, 5) is 39.8. The quantitative estimate of drug-likeness (QED) is 0.778. The summed E-state index contributed by atoms with van der Waals surface area (Å²) in [5.74, 6) is -0.828. The standard InChI is InChI=1S/C21H20ClN3O3/c1-13(18(26)23-16-9-4-8-15(22)12-16)25-19(27)21(24-20(25)28)11-5-7-14-6-2-3-10-17(14)21/h2-4,6,8-10,12-13H,5,7,11H2,1H3,(H,23,26)(H,24,28)/t13-,21-/m1/s1. The molecule has 0 saturated carbocycles. The van der Waals surface area contributed by atoms with E-state index in [1.807, 2.05) is 24.3 Å². The number of nitrogens with one attached hydrogen (secondary N) is 2. The molecular weight excluding hydrogens is 378 g/mol. The summed E-state index contributed by atoms with van der Waals surface area (Å²) in [6.45, 7) is 1.55. The highest BCUT2D eigenvalue weighted by Gasteiger charge is 2.55. The molecule has 1 spiro atoms. The number of rotatable bonds is 3. The second-order valence-corrected chi connectivity index (χ2v) is 7.63. The summed E-state index contributed by atoms with van der Waals surface area (Å²) in [5, 5.41) is 6.07. The third-order valence-corrected chi connectivity index (χ3v) is 5.69. The second kappa shape index (κ2) is 6.95. The molecule has 2 aliphatic rings. The van der Waals surface area contributed by atoms with Gasteiger partial charge in [0.15, 0.2) is 0 Å². The van der Waals surface area contributed by atoms with Crippen molar-refractivity contribution in [2.75, 3.05) is 5.32 Å². The van der Waals surface area contributed by atoms with Crippen LogP contribution in [0.5, 0.6) is 0 Å². The molecule has 0 radical (unpaired) electrons. The van der Waals surface area contributed by atoms with Crippen molar-refractivity contribution in [2.24, 2.45) is 0 Å². The third kappa shape index (κ3) is 2.94. The van der Waals surface area contributed by atoms with Gasteiger partial charge in [-0.15, -0.1) is 0 Å². The van der Waals surface area contributed by atoms with E-state index in [0.29, 0.717) is 17.1 Å². The van der Waals surface area contributed by atoms with Crippen molar-refractivity contribution in [3.8, 4) is 0 Å². The van der Waals surface area contributed by atoms with Crippen LogP contribution in [0.15, 0.2) is 48.5 Å². The number of urea groups is 1. The molecule has 2 aromatic rings. The van der Waals surface area contributed by atoms with Crippen molar-refractivity contribution >= 4 is 35.1 Å². The number of halogens is 1. The van der Waals surface area contributed by atoms with E-state index in [0.717, 1.165) is 28.9 Å². The molecule has 0 aromatic heterocycles. The fourth-order valence-electron chi connectivity index (χ4n) is 4.06. The van der Waals surface area contributed by atoms with Crippen LogP contribution in [0, 0.1) is 0 Å². The first kappa shape index (κ1) is 18.5. The number of amides is 4. The molecule has 4 amide bonds. The molecule has 144 valence electrons. The molecule has 28 heavy (non-hydrogen) atoms. The molecule has 4 rings (SSSR count). The van der Waals surface area contributed by atoms with Crippen molar-refractivity contribution in [1.29, 1.82) is 0 Å². The van der Waals surface area contributed by atoms with Gasteiger partial charge in [0.05, 0.1) is 0 Å². The Labute approximate surface area is 167 Å². The lowest BCUT2D eigenvalue weighted by Crippen LogP contribution is -2.49. The zero-order valence-corrected chi connectivity index (χ0v) is 16.1. The fraction of sp³-hybridized carbons (Fsp3) is 0.286. The van der Waals surface area contributed by atoms with Crippen molar-refractivity contribution in [3.05, 3.63) is 64.7 Å². The lowest BCUT2D eigenvalue weighted by Gasteiger charge is -2.33. The second-order valence-electron chi connectivity index (χ2n) is 7.20. The number of carbonyl (C=O) groups excluding carboxylic acids is 3. The van der Waals surface area contributed by atoms with Gasteiger partial charge < -0.3 is 10.6 Å². The minimum atomic E-state index is -1.09. The van der Waals surface area contributed by atoms with Crippen molar-refractivity contribution < 1.29 is 14.4 Å². The van der Waals surface area contributed by atoms with E-state index in [9.17, 15) is 14.4 Å². The average molecular weight is 398 g/mol. The zero-order chi connectivity index (χ0) is 19.9. The summed E-state index contributed by atoms with van der Waals surface area (Å²) in [7, 11) is 0. The van der Waals surface area contributed by atoms with Crippen LogP contribution >= 0.6 is 11.6 Å². The van der Waals surface area contributed by atoms with Crippen molar-refractivity contribution in [3.63, 3.8) is 0 Å². The summed E-state index contributed by atoms with van der Waals surface area (Å²) < 4.78 is 0. The van der Waals surface area contributed by atoms with Gasteiger partial charge in [0, 0.05) is 10.7 Å². The average Bonchev–Trinajstić information content (AvgIpc) is 2.92. The Bertz CT molecular complexity index is 977. The van der Waals surface area contributed by atoms with Crippen LogP contribution in [0.2, 0.25) is 5.02 Å². The van der Waals surface area contributed by atoms with Crippen LogP contribution in [0.25, 0.3) is 0 Å². The first-order valence-electron chi connectivity index (χ1n) is 9.23. The van der Waals surface area contributed by atoms with E-state index in [4.69, 9.17) is 11.6 Å². The van der Waals surface area contributed by atoms with Crippen LogP contribution in [-0.4, -0.2) is 28.8 Å². The Morgan fingerprint density at radius 3 is 2.79 bits per heavy atom. The molecule has 2 aromatic carbocycles. The number of benzene rings is 2. The van der Waals surface area contributed by atoms with Gasteiger partial charge in [-0.05, 0) is 55.5 Å². The molecule has 6 nitrogen and oxygen atoms in total. The van der Waals surface area contributed by atoms with E-state index >= 15 is 0 Å². The number of anilines is 1. The van der Waals surface area contributed by atoms with Gasteiger partial charge >= 0.3 is 6.03 Å². The minimum Gasteiger partial charge on any atom is -0.324 e. The molecule has 1 aliphatic carbocycles. The van der Waals surface area contributed by atoms with Gasteiger partial charge in [-0.1, -0.05) is 41.9 Å². The molecule has 1 heterocycles. The molecule has 1 fully saturated rings. The van der Waals surface area contributed by atoms with Crippen LogP contribution in [0.1, 0.15) is 30.9 Å². The maximum absolute atomic E-state index is 13.3. The van der Waals surface area contributed by atoms with Crippen LogP contribution in [0.3, 0.4) is 0 Å². The lowest BCUT2D eigenvalue weighted by atomic mass is 9.76. The van der Waals surface area contributed by atoms with Gasteiger partial charge in [-0.2, -0.15) is 0 Å². The van der Waals surface area contributed by atoms with Gasteiger partial charge in [-0.3, -0.25) is 9.59 Å². The van der Waals surface area contributed by atoms with E-state index < -0.39 is 23.5 Å². The molecular formula is C21H20ClN3O3. The maximum Gasteiger partial charge on any atom is 0.326 e. The molecule has 7 heteroatoms. The first-order chi connectivity index (χ1) is 13.4. The maximum atomic E-state index is 13.3. The first-order valence-corrected chi connectivity index (χ1v) is 9.61. The Morgan fingerprint density at radius 1 is 1.21 bits per heavy atom. The molecule has 0 unspecified atom stereocenters. The van der Waals surface area contributed by atoms with Crippen LogP contribution < -0.4 is 10.6 Å². The number of hydrogen-bond acceptors (Lipinski definition) is 3. The molecule has 1 aliphatic heterocycles. The Kier molecular flexibility index (Phi) is 4.59. The van der Waals surface area contributed by atoms with E-state index in [2.05, 4.69) is 10.6 Å².